The van der Waals surface area contributed by atoms with Gasteiger partial charge >= 0.3 is 0 Å². The summed E-state index contributed by atoms with van der Waals surface area (Å²) in [5.41, 5.74) is 0.646. The van der Waals surface area contributed by atoms with Gasteiger partial charge < -0.3 is 15.1 Å². The highest BCUT2D eigenvalue weighted by Gasteiger charge is 2.28. The van der Waals surface area contributed by atoms with Crippen LogP contribution in [0.5, 0.6) is 0 Å². The van der Waals surface area contributed by atoms with Gasteiger partial charge in [-0.15, -0.1) is 0 Å². The van der Waals surface area contributed by atoms with E-state index in [9.17, 15) is 4.79 Å². The van der Waals surface area contributed by atoms with Crippen molar-refractivity contribution in [3.63, 3.8) is 0 Å². The number of nitrogens with one attached hydrogen (secondary N) is 2. The molecule has 1 aliphatic rings. The maximum absolute atomic E-state index is 11.8. The average molecular weight is 222 g/mol. The van der Waals surface area contributed by atoms with Gasteiger partial charge in [0.05, 0.1) is 5.56 Å². The number of furan rings is 1. The molecule has 1 saturated heterocycles. The molecule has 0 aromatic carbocycles. The normalized spacial score (nSPS) is 24.6. The molecule has 4 heteroatoms. The maximum atomic E-state index is 11.8. The van der Waals surface area contributed by atoms with Crippen molar-refractivity contribution in [3.8, 4) is 0 Å². The van der Waals surface area contributed by atoms with Gasteiger partial charge in [-0.25, -0.2) is 0 Å². The fourth-order valence-electron chi connectivity index (χ4n) is 2.05. The lowest BCUT2D eigenvalue weighted by Gasteiger charge is -2.24. The summed E-state index contributed by atoms with van der Waals surface area (Å²) < 4.78 is 5.11. The van der Waals surface area contributed by atoms with Crippen molar-refractivity contribution >= 4 is 5.91 Å². The Balaban J connectivity index is 1.88. The summed E-state index contributed by atoms with van der Waals surface area (Å²) in [6, 6.07) is 1.75. The first-order valence-corrected chi connectivity index (χ1v) is 5.67. The van der Waals surface area contributed by atoms with Crippen LogP contribution in [0, 0.1) is 6.92 Å². The molecular weight excluding hydrogens is 204 g/mol. The first-order valence-electron chi connectivity index (χ1n) is 5.67. The molecule has 2 heterocycles. The number of aryl methyl sites for hydroxylation is 1. The minimum absolute atomic E-state index is 0.0500. The molecule has 1 atom stereocenters. The Labute approximate surface area is 95.4 Å². The van der Waals surface area contributed by atoms with E-state index in [4.69, 9.17) is 4.42 Å². The Kier molecular flexibility index (Phi) is 3.01. The van der Waals surface area contributed by atoms with E-state index in [1.165, 1.54) is 12.7 Å². The largest absolute Gasteiger partial charge is 0.469 e. The Morgan fingerprint density at radius 1 is 1.69 bits per heavy atom. The summed E-state index contributed by atoms with van der Waals surface area (Å²) >= 11 is 0. The van der Waals surface area contributed by atoms with Crippen LogP contribution in [0.4, 0.5) is 0 Å². The first kappa shape index (κ1) is 11.2. The lowest BCUT2D eigenvalue weighted by molar-refractivity contribution is 0.0942. The summed E-state index contributed by atoms with van der Waals surface area (Å²) in [7, 11) is 0. The zero-order chi connectivity index (χ0) is 11.6. The second-order valence-corrected chi connectivity index (χ2v) is 4.72. The van der Waals surface area contributed by atoms with Crippen molar-refractivity contribution in [2.24, 2.45) is 0 Å². The standard InChI is InChI=1S/C12H18N2O2/c1-9-6-10(7-16-9)11(15)13-8-12(2)4-3-5-14-12/h6-7,14H,3-5,8H2,1-2H3,(H,13,15). The number of hydrogen-bond donors (Lipinski definition) is 2. The van der Waals surface area contributed by atoms with E-state index in [0.717, 1.165) is 18.7 Å². The summed E-state index contributed by atoms with van der Waals surface area (Å²) in [6.45, 7) is 5.67. The fourth-order valence-corrected chi connectivity index (χ4v) is 2.05. The Morgan fingerprint density at radius 3 is 3.06 bits per heavy atom. The van der Waals surface area contributed by atoms with Gasteiger partial charge in [-0.3, -0.25) is 4.79 Å². The van der Waals surface area contributed by atoms with E-state index in [2.05, 4.69) is 17.6 Å². The van der Waals surface area contributed by atoms with Crippen molar-refractivity contribution in [2.75, 3.05) is 13.1 Å². The van der Waals surface area contributed by atoms with E-state index < -0.39 is 0 Å². The number of carbonyl (C=O) groups is 1. The topological polar surface area (TPSA) is 54.3 Å². The molecule has 0 spiro atoms. The lowest BCUT2D eigenvalue weighted by atomic mass is 10.0. The molecule has 4 nitrogen and oxygen atoms in total. The monoisotopic (exact) mass is 222 g/mol. The number of carbonyl (C=O) groups excluding carboxylic acids is 1. The van der Waals surface area contributed by atoms with Crippen molar-refractivity contribution in [3.05, 3.63) is 23.7 Å². The minimum atomic E-state index is -0.0632. The van der Waals surface area contributed by atoms with Crippen molar-refractivity contribution in [1.29, 1.82) is 0 Å². The van der Waals surface area contributed by atoms with Crippen LogP contribution in [0.3, 0.4) is 0 Å². The molecule has 0 saturated carbocycles. The predicted molar refractivity (Wildman–Crippen MR) is 61.4 cm³/mol. The third-order valence-corrected chi connectivity index (χ3v) is 3.09. The molecule has 0 bridgehead atoms. The molecule has 0 aliphatic carbocycles. The molecule has 16 heavy (non-hydrogen) atoms. The number of hydrogen-bond acceptors (Lipinski definition) is 3. The summed E-state index contributed by atoms with van der Waals surface area (Å²) in [6.07, 6.45) is 3.78. The van der Waals surface area contributed by atoms with Gasteiger partial charge in [-0.1, -0.05) is 0 Å². The van der Waals surface area contributed by atoms with Gasteiger partial charge in [0.25, 0.3) is 5.91 Å². The number of amides is 1. The lowest BCUT2D eigenvalue weighted by Crippen LogP contribution is -2.47. The second kappa shape index (κ2) is 4.29. The van der Waals surface area contributed by atoms with Crippen LogP contribution in [0.1, 0.15) is 35.9 Å². The van der Waals surface area contributed by atoms with Crippen LogP contribution in [0.15, 0.2) is 16.7 Å². The first-order chi connectivity index (χ1) is 7.59. The fraction of sp³-hybridized carbons (Fsp3) is 0.583. The van der Waals surface area contributed by atoms with Crippen LogP contribution < -0.4 is 10.6 Å². The average Bonchev–Trinajstić information content (AvgIpc) is 2.85. The molecule has 1 amide bonds. The second-order valence-electron chi connectivity index (χ2n) is 4.72. The molecule has 88 valence electrons. The smallest absolute Gasteiger partial charge is 0.254 e. The van der Waals surface area contributed by atoms with Gasteiger partial charge in [0, 0.05) is 12.1 Å². The zero-order valence-electron chi connectivity index (χ0n) is 9.80. The Bertz CT molecular complexity index is 378. The zero-order valence-corrected chi connectivity index (χ0v) is 9.80. The van der Waals surface area contributed by atoms with Crippen molar-refractivity contribution in [2.45, 2.75) is 32.2 Å². The number of rotatable bonds is 3. The van der Waals surface area contributed by atoms with Gasteiger partial charge in [0.15, 0.2) is 0 Å². The maximum Gasteiger partial charge on any atom is 0.254 e. The molecule has 0 radical (unpaired) electrons. The third-order valence-electron chi connectivity index (χ3n) is 3.09. The van der Waals surface area contributed by atoms with Gasteiger partial charge in [0.1, 0.15) is 12.0 Å². The molecule has 1 unspecified atom stereocenters. The highest BCUT2D eigenvalue weighted by molar-refractivity contribution is 5.94. The quantitative estimate of drug-likeness (QED) is 0.814. The highest BCUT2D eigenvalue weighted by Crippen LogP contribution is 2.17. The summed E-state index contributed by atoms with van der Waals surface area (Å²) in [5, 5.41) is 6.34. The summed E-state index contributed by atoms with van der Waals surface area (Å²) in [4.78, 5) is 11.8. The van der Waals surface area contributed by atoms with Crippen LogP contribution in [-0.2, 0) is 0 Å². The third kappa shape index (κ3) is 2.44. The Morgan fingerprint density at radius 2 is 2.50 bits per heavy atom. The van der Waals surface area contributed by atoms with Crippen LogP contribution >= 0.6 is 0 Å². The molecule has 2 rings (SSSR count). The molecular formula is C12H18N2O2. The molecule has 2 N–H and O–H groups in total. The van der Waals surface area contributed by atoms with Gasteiger partial charge in [-0.05, 0) is 39.3 Å². The van der Waals surface area contributed by atoms with Gasteiger partial charge in [0.2, 0.25) is 0 Å². The summed E-state index contributed by atoms with van der Waals surface area (Å²) in [5.74, 6) is 0.696. The van der Waals surface area contributed by atoms with Crippen LogP contribution in [0.25, 0.3) is 0 Å². The van der Waals surface area contributed by atoms with Gasteiger partial charge in [-0.2, -0.15) is 0 Å². The van der Waals surface area contributed by atoms with Crippen molar-refractivity contribution < 1.29 is 9.21 Å². The molecule has 1 aromatic rings. The predicted octanol–water partition coefficient (Wildman–Crippen LogP) is 1.46. The minimum Gasteiger partial charge on any atom is -0.469 e. The SMILES string of the molecule is Cc1cc(C(=O)NCC2(C)CCCN2)co1. The van der Waals surface area contributed by atoms with E-state index in [-0.39, 0.29) is 11.4 Å². The van der Waals surface area contributed by atoms with Crippen LogP contribution in [0.2, 0.25) is 0 Å². The van der Waals surface area contributed by atoms with Crippen LogP contribution in [-0.4, -0.2) is 24.5 Å². The van der Waals surface area contributed by atoms with E-state index in [1.807, 2.05) is 6.92 Å². The highest BCUT2D eigenvalue weighted by atomic mass is 16.3. The van der Waals surface area contributed by atoms with E-state index in [0.29, 0.717) is 12.1 Å². The van der Waals surface area contributed by atoms with E-state index in [1.54, 1.807) is 6.07 Å². The van der Waals surface area contributed by atoms with E-state index >= 15 is 0 Å². The molecule has 1 aliphatic heterocycles. The molecule has 1 fully saturated rings. The van der Waals surface area contributed by atoms with Crippen molar-refractivity contribution in [1.82, 2.24) is 10.6 Å². The molecule has 1 aromatic heterocycles. The Hall–Kier alpha value is -1.29.